The van der Waals surface area contributed by atoms with E-state index in [4.69, 9.17) is 5.11 Å². The van der Waals surface area contributed by atoms with E-state index in [2.05, 4.69) is 0 Å². The molecule has 1 aliphatic heterocycles. The van der Waals surface area contributed by atoms with Gasteiger partial charge in [-0.1, -0.05) is 31.2 Å². The lowest BCUT2D eigenvalue weighted by Gasteiger charge is -2.09. The van der Waals surface area contributed by atoms with Crippen molar-refractivity contribution in [2.24, 2.45) is 5.92 Å². The molecule has 1 aliphatic rings. The lowest BCUT2D eigenvalue weighted by Crippen LogP contribution is -2.05. The molecule has 23 heavy (non-hydrogen) atoms. The molecule has 0 aromatic heterocycles. The number of hydrogen-bond acceptors (Lipinski definition) is 3. The highest BCUT2D eigenvalue weighted by Gasteiger charge is 2.32. The van der Waals surface area contributed by atoms with Gasteiger partial charge in [0, 0.05) is 17.5 Å². The van der Waals surface area contributed by atoms with E-state index in [-0.39, 0.29) is 12.3 Å². The second kappa shape index (κ2) is 5.81. The molecule has 0 unspecified atom stereocenters. The Morgan fingerprint density at radius 1 is 1.09 bits per heavy atom. The van der Waals surface area contributed by atoms with Gasteiger partial charge in [0.05, 0.1) is 9.79 Å². The molecule has 0 amide bonds. The van der Waals surface area contributed by atoms with Crippen molar-refractivity contribution in [3.05, 3.63) is 48.0 Å². The molecule has 1 heterocycles. The van der Waals surface area contributed by atoms with E-state index in [1.165, 1.54) is 0 Å². The molecule has 2 aromatic carbocycles. The van der Waals surface area contributed by atoms with E-state index in [9.17, 15) is 13.2 Å². The molecule has 0 fully saturated rings. The maximum atomic E-state index is 12.5. The first-order valence-corrected chi connectivity index (χ1v) is 9.07. The molecule has 0 spiro atoms. The third kappa shape index (κ3) is 2.88. The average Bonchev–Trinajstić information content (AvgIpc) is 2.73. The predicted molar refractivity (Wildman–Crippen MR) is 87.1 cm³/mol. The Labute approximate surface area is 135 Å². The molecule has 5 heteroatoms. The Hall–Kier alpha value is -2.14. The summed E-state index contributed by atoms with van der Waals surface area (Å²) in [5.74, 6) is -0.691. The van der Waals surface area contributed by atoms with Crippen LogP contribution in [-0.2, 0) is 21.1 Å². The van der Waals surface area contributed by atoms with Crippen LogP contribution in [0.2, 0.25) is 0 Å². The molecule has 3 rings (SSSR count). The number of rotatable bonds is 5. The highest BCUT2D eigenvalue weighted by Crippen LogP contribution is 2.43. The maximum Gasteiger partial charge on any atom is 0.303 e. The quantitative estimate of drug-likeness (QED) is 0.776. The van der Waals surface area contributed by atoms with E-state index in [1.54, 1.807) is 18.2 Å². The second-order valence-corrected chi connectivity index (χ2v) is 7.96. The SMILES string of the molecule is C[C@H](CCc1ccc2c(c1)-c1ccccc1S2(=O)=O)CC(=O)O. The predicted octanol–water partition coefficient (Wildman–Crippen LogP) is 3.54. The van der Waals surface area contributed by atoms with Crippen LogP contribution in [0.4, 0.5) is 0 Å². The van der Waals surface area contributed by atoms with Crippen molar-refractivity contribution >= 4 is 15.8 Å². The van der Waals surface area contributed by atoms with Crippen molar-refractivity contribution in [3.63, 3.8) is 0 Å². The number of carboxylic acid groups (broad SMARTS) is 1. The molecule has 0 saturated carbocycles. The summed E-state index contributed by atoms with van der Waals surface area (Å²) in [5, 5.41) is 8.81. The molecular formula is C18H18O4S. The van der Waals surface area contributed by atoms with Crippen LogP contribution in [0.3, 0.4) is 0 Å². The summed E-state index contributed by atoms with van der Waals surface area (Å²) in [4.78, 5) is 11.4. The van der Waals surface area contributed by atoms with Gasteiger partial charge in [-0.3, -0.25) is 4.79 Å². The lowest BCUT2D eigenvalue weighted by molar-refractivity contribution is -0.138. The first-order valence-electron chi connectivity index (χ1n) is 7.59. The number of fused-ring (bicyclic) bond motifs is 3. The van der Waals surface area contributed by atoms with E-state index in [0.29, 0.717) is 9.79 Å². The van der Waals surface area contributed by atoms with Crippen LogP contribution in [0.5, 0.6) is 0 Å². The third-order valence-corrected chi connectivity index (χ3v) is 6.12. The van der Waals surface area contributed by atoms with Crippen LogP contribution in [0.15, 0.2) is 52.3 Å². The normalized spacial score (nSPS) is 15.7. The summed E-state index contributed by atoms with van der Waals surface area (Å²) in [5.41, 5.74) is 2.54. The van der Waals surface area contributed by atoms with Gasteiger partial charge in [0.1, 0.15) is 0 Å². The molecule has 1 N–H and O–H groups in total. The fourth-order valence-corrected chi connectivity index (χ4v) is 4.70. The van der Waals surface area contributed by atoms with Crippen LogP contribution in [0, 0.1) is 5.92 Å². The first kappa shape index (κ1) is 15.7. The van der Waals surface area contributed by atoms with Crippen molar-refractivity contribution in [1.29, 1.82) is 0 Å². The van der Waals surface area contributed by atoms with Crippen molar-refractivity contribution in [2.45, 2.75) is 36.0 Å². The number of aliphatic carboxylic acids is 1. The molecule has 120 valence electrons. The Bertz CT molecular complexity index is 868. The van der Waals surface area contributed by atoms with Gasteiger partial charge >= 0.3 is 5.97 Å². The Morgan fingerprint density at radius 2 is 1.78 bits per heavy atom. The number of carboxylic acids is 1. The third-order valence-electron chi connectivity index (χ3n) is 4.25. The Morgan fingerprint density at radius 3 is 2.52 bits per heavy atom. The minimum Gasteiger partial charge on any atom is -0.481 e. The van der Waals surface area contributed by atoms with Crippen LogP contribution < -0.4 is 0 Å². The minimum absolute atomic E-state index is 0.0942. The maximum absolute atomic E-state index is 12.5. The average molecular weight is 330 g/mol. The summed E-state index contributed by atoms with van der Waals surface area (Å²) < 4.78 is 25.0. The largest absolute Gasteiger partial charge is 0.481 e. The zero-order valence-corrected chi connectivity index (χ0v) is 13.6. The van der Waals surface area contributed by atoms with Crippen molar-refractivity contribution in [3.8, 4) is 11.1 Å². The van der Waals surface area contributed by atoms with Gasteiger partial charge < -0.3 is 5.11 Å². The molecule has 2 aromatic rings. The topological polar surface area (TPSA) is 71.4 Å². The van der Waals surface area contributed by atoms with Crippen LogP contribution in [-0.4, -0.2) is 19.5 Å². The monoisotopic (exact) mass is 330 g/mol. The van der Waals surface area contributed by atoms with E-state index < -0.39 is 15.8 Å². The zero-order chi connectivity index (χ0) is 16.6. The molecular weight excluding hydrogens is 312 g/mol. The summed E-state index contributed by atoms with van der Waals surface area (Å²) >= 11 is 0. The van der Waals surface area contributed by atoms with Gasteiger partial charge in [0.2, 0.25) is 9.84 Å². The minimum atomic E-state index is -3.41. The number of benzene rings is 2. The number of sulfone groups is 1. The summed E-state index contributed by atoms with van der Waals surface area (Å²) in [7, 11) is -3.41. The summed E-state index contributed by atoms with van der Waals surface area (Å²) in [6.07, 6.45) is 1.66. The van der Waals surface area contributed by atoms with Crippen molar-refractivity contribution in [1.82, 2.24) is 0 Å². The smallest absolute Gasteiger partial charge is 0.303 e. The number of hydrogen-bond donors (Lipinski definition) is 1. The highest BCUT2D eigenvalue weighted by molar-refractivity contribution is 7.92. The molecule has 4 nitrogen and oxygen atoms in total. The van der Waals surface area contributed by atoms with Gasteiger partial charge in [0.15, 0.2) is 0 Å². The number of carbonyl (C=O) groups is 1. The fraction of sp³-hybridized carbons (Fsp3) is 0.278. The van der Waals surface area contributed by atoms with Crippen LogP contribution in [0.1, 0.15) is 25.3 Å². The van der Waals surface area contributed by atoms with Crippen molar-refractivity contribution < 1.29 is 18.3 Å². The molecule has 0 saturated heterocycles. The van der Waals surface area contributed by atoms with Gasteiger partial charge in [-0.05, 0) is 42.5 Å². The molecule has 0 bridgehead atoms. The van der Waals surface area contributed by atoms with Gasteiger partial charge in [-0.2, -0.15) is 0 Å². The molecule has 0 radical (unpaired) electrons. The van der Waals surface area contributed by atoms with Gasteiger partial charge in [0.25, 0.3) is 0 Å². The van der Waals surface area contributed by atoms with E-state index in [1.807, 2.05) is 31.2 Å². The highest BCUT2D eigenvalue weighted by atomic mass is 32.2. The Balaban J connectivity index is 1.89. The second-order valence-electron chi connectivity index (χ2n) is 6.07. The standard InChI is InChI=1S/C18H18O4S/c1-12(10-18(19)20)6-7-13-8-9-17-15(11-13)14-4-2-3-5-16(14)23(17,21)22/h2-5,8-9,11-12H,6-7,10H2,1H3,(H,19,20)/t12-/m1/s1. The van der Waals surface area contributed by atoms with E-state index >= 15 is 0 Å². The molecule has 0 aliphatic carbocycles. The summed E-state index contributed by atoms with van der Waals surface area (Å²) in [6, 6.07) is 12.5. The van der Waals surface area contributed by atoms with Gasteiger partial charge in [-0.15, -0.1) is 0 Å². The van der Waals surface area contributed by atoms with E-state index in [0.717, 1.165) is 29.5 Å². The van der Waals surface area contributed by atoms with Gasteiger partial charge in [-0.25, -0.2) is 8.42 Å². The zero-order valence-electron chi connectivity index (χ0n) is 12.8. The van der Waals surface area contributed by atoms with Crippen LogP contribution >= 0.6 is 0 Å². The lowest BCUT2D eigenvalue weighted by atomic mass is 9.96. The fourth-order valence-electron chi connectivity index (χ4n) is 3.03. The van der Waals surface area contributed by atoms with Crippen molar-refractivity contribution in [2.75, 3.05) is 0 Å². The first-order chi connectivity index (χ1) is 10.9. The van der Waals surface area contributed by atoms with Crippen LogP contribution in [0.25, 0.3) is 11.1 Å². The molecule has 1 atom stereocenters. The summed E-state index contributed by atoms with van der Waals surface area (Å²) in [6.45, 7) is 1.92. The Kier molecular flexibility index (Phi) is 3.98. The number of aryl methyl sites for hydroxylation is 1.